The molecule has 1 rings (SSSR count). The number of aromatic nitrogens is 1. The van der Waals surface area contributed by atoms with Gasteiger partial charge in [0.05, 0.1) is 23.9 Å². The standard InChI is InChI=1S/C9H14N2O4S2/c1-4-8-9(6-5-7-10-8)11(16(2,12)13)17(3,14)15/h5-7H,4H2,1-3H3. The highest BCUT2D eigenvalue weighted by atomic mass is 32.3. The third-order valence-electron chi connectivity index (χ3n) is 2.00. The average Bonchev–Trinajstić information content (AvgIpc) is 2.14. The van der Waals surface area contributed by atoms with E-state index in [1.54, 1.807) is 6.92 Å². The van der Waals surface area contributed by atoms with Gasteiger partial charge in [0.1, 0.15) is 0 Å². The molecular formula is C9H14N2O4S2. The summed E-state index contributed by atoms with van der Waals surface area (Å²) in [6.45, 7) is 1.77. The van der Waals surface area contributed by atoms with Gasteiger partial charge in [-0.15, -0.1) is 0 Å². The molecule has 8 heteroatoms. The van der Waals surface area contributed by atoms with Crippen molar-refractivity contribution in [2.24, 2.45) is 0 Å². The fourth-order valence-corrected chi connectivity index (χ4v) is 4.49. The molecule has 0 aliphatic heterocycles. The molecule has 0 saturated heterocycles. The molecule has 0 saturated carbocycles. The van der Waals surface area contributed by atoms with E-state index in [4.69, 9.17) is 0 Å². The molecule has 0 amide bonds. The van der Waals surface area contributed by atoms with Crippen LogP contribution in [0, 0.1) is 0 Å². The molecular weight excluding hydrogens is 264 g/mol. The molecule has 1 heterocycles. The first-order chi connectivity index (χ1) is 7.68. The molecule has 96 valence electrons. The number of sulfonamides is 2. The number of hydrogen-bond acceptors (Lipinski definition) is 5. The molecule has 0 N–H and O–H groups in total. The Morgan fingerprint density at radius 2 is 1.71 bits per heavy atom. The second-order valence-corrected chi connectivity index (χ2v) is 7.44. The van der Waals surface area contributed by atoms with E-state index in [1.165, 1.54) is 18.3 Å². The van der Waals surface area contributed by atoms with Crippen LogP contribution in [0.25, 0.3) is 0 Å². The number of pyridine rings is 1. The molecule has 0 aromatic carbocycles. The van der Waals surface area contributed by atoms with Crippen molar-refractivity contribution in [1.82, 2.24) is 4.98 Å². The minimum Gasteiger partial charge on any atom is -0.259 e. The van der Waals surface area contributed by atoms with Gasteiger partial charge >= 0.3 is 0 Å². The van der Waals surface area contributed by atoms with Crippen LogP contribution in [0.1, 0.15) is 12.6 Å². The van der Waals surface area contributed by atoms with E-state index in [9.17, 15) is 16.8 Å². The van der Waals surface area contributed by atoms with E-state index in [0.717, 1.165) is 12.5 Å². The fraction of sp³-hybridized carbons (Fsp3) is 0.444. The highest BCUT2D eigenvalue weighted by Gasteiger charge is 2.29. The first-order valence-electron chi connectivity index (χ1n) is 4.82. The predicted molar refractivity (Wildman–Crippen MR) is 65.8 cm³/mol. The van der Waals surface area contributed by atoms with E-state index in [-0.39, 0.29) is 5.69 Å². The van der Waals surface area contributed by atoms with Crippen LogP contribution in [0.2, 0.25) is 0 Å². The lowest BCUT2D eigenvalue weighted by Gasteiger charge is -2.21. The summed E-state index contributed by atoms with van der Waals surface area (Å²) in [5.74, 6) is 0. The molecule has 0 atom stereocenters. The fourth-order valence-electron chi connectivity index (χ4n) is 1.47. The lowest BCUT2D eigenvalue weighted by Crippen LogP contribution is -2.36. The van der Waals surface area contributed by atoms with E-state index >= 15 is 0 Å². The molecule has 0 fully saturated rings. The van der Waals surface area contributed by atoms with Crippen molar-refractivity contribution >= 4 is 25.7 Å². The number of rotatable bonds is 4. The first kappa shape index (κ1) is 13.9. The highest BCUT2D eigenvalue weighted by Crippen LogP contribution is 2.24. The quantitative estimate of drug-likeness (QED) is 0.794. The lowest BCUT2D eigenvalue weighted by atomic mass is 10.2. The van der Waals surface area contributed by atoms with Crippen LogP contribution in [-0.4, -0.2) is 34.3 Å². The monoisotopic (exact) mass is 278 g/mol. The molecule has 0 spiro atoms. The normalized spacial score (nSPS) is 12.4. The van der Waals surface area contributed by atoms with E-state index < -0.39 is 20.0 Å². The van der Waals surface area contributed by atoms with Crippen molar-refractivity contribution < 1.29 is 16.8 Å². The van der Waals surface area contributed by atoms with E-state index in [0.29, 0.717) is 15.8 Å². The summed E-state index contributed by atoms with van der Waals surface area (Å²) in [7, 11) is -7.81. The molecule has 0 unspecified atom stereocenters. The third kappa shape index (κ3) is 3.16. The molecule has 1 aromatic heterocycles. The summed E-state index contributed by atoms with van der Waals surface area (Å²) in [6.07, 6.45) is 3.63. The van der Waals surface area contributed by atoms with Crippen LogP contribution < -0.4 is 3.71 Å². The van der Waals surface area contributed by atoms with Crippen molar-refractivity contribution in [2.75, 3.05) is 16.2 Å². The molecule has 0 aliphatic rings. The van der Waals surface area contributed by atoms with Crippen molar-refractivity contribution in [1.29, 1.82) is 0 Å². The maximum atomic E-state index is 11.6. The number of nitrogens with zero attached hydrogens (tertiary/aromatic N) is 2. The zero-order chi connectivity index (χ0) is 13.3. The van der Waals surface area contributed by atoms with Crippen molar-refractivity contribution in [3.8, 4) is 0 Å². The zero-order valence-electron chi connectivity index (χ0n) is 9.78. The summed E-state index contributed by atoms with van der Waals surface area (Å²) < 4.78 is 46.7. The van der Waals surface area contributed by atoms with E-state index in [1.807, 2.05) is 0 Å². The Morgan fingerprint density at radius 3 is 2.12 bits per heavy atom. The lowest BCUT2D eigenvalue weighted by molar-refractivity contribution is 0.590. The van der Waals surface area contributed by atoms with Crippen molar-refractivity contribution in [3.63, 3.8) is 0 Å². The number of aryl methyl sites for hydroxylation is 1. The zero-order valence-corrected chi connectivity index (χ0v) is 11.4. The molecule has 0 bridgehead atoms. The first-order valence-corrected chi connectivity index (χ1v) is 8.52. The summed E-state index contributed by atoms with van der Waals surface area (Å²) in [5.41, 5.74) is 0.503. The Kier molecular flexibility index (Phi) is 3.78. The molecule has 6 nitrogen and oxygen atoms in total. The number of hydrogen-bond donors (Lipinski definition) is 0. The molecule has 1 aromatic rings. The molecule has 0 radical (unpaired) electrons. The second kappa shape index (κ2) is 4.61. The van der Waals surface area contributed by atoms with Crippen LogP contribution >= 0.6 is 0 Å². The Hall–Kier alpha value is -1.15. The van der Waals surface area contributed by atoms with Gasteiger partial charge in [-0.25, -0.2) is 16.8 Å². The summed E-state index contributed by atoms with van der Waals surface area (Å²) in [5, 5.41) is 0. The van der Waals surface area contributed by atoms with Crippen LogP contribution in [0.4, 0.5) is 5.69 Å². The highest BCUT2D eigenvalue weighted by molar-refractivity contribution is 8.09. The van der Waals surface area contributed by atoms with Crippen LogP contribution in [0.5, 0.6) is 0 Å². The Balaban J connectivity index is 3.55. The van der Waals surface area contributed by atoms with Gasteiger partial charge in [-0.2, -0.15) is 3.71 Å². The van der Waals surface area contributed by atoms with Crippen LogP contribution in [-0.2, 0) is 26.5 Å². The summed E-state index contributed by atoms with van der Waals surface area (Å²) in [6, 6.07) is 2.92. The summed E-state index contributed by atoms with van der Waals surface area (Å²) >= 11 is 0. The van der Waals surface area contributed by atoms with Crippen molar-refractivity contribution in [2.45, 2.75) is 13.3 Å². The maximum absolute atomic E-state index is 11.6. The smallest absolute Gasteiger partial charge is 0.245 e. The Morgan fingerprint density at radius 1 is 1.18 bits per heavy atom. The van der Waals surface area contributed by atoms with Crippen LogP contribution in [0.3, 0.4) is 0 Å². The number of anilines is 1. The predicted octanol–water partition coefficient (Wildman–Crippen LogP) is 0.370. The Bertz CT molecular complexity index is 576. The Labute approximate surface area is 101 Å². The van der Waals surface area contributed by atoms with Gasteiger partial charge in [0.2, 0.25) is 20.0 Å². The van der Waals surface area contributed by atoms with Gasteiger partial charge in [0, 0.05) is 6.20 Å². The minimum atomic E-state index is -3.90. The van der Waals surface area contributed by atoms with Crippen LogP contribution in [0.15, 0.2) is 18.3 Å². The maximum Gasteiger partial charge on any atom is 0.245 e. The summed E-state index contributed by atoms with van der Waals surface area (Å²) in [4.78, 5) is 3.97. The topological polar surface area (TPSA) is 84.4 Å². The van der Waals surface area contributed by atoms with Gasteiger partial charge in [-0.1, -0.05) is 6.92 Å². The van der Waals surface area contributed by atoms with Gasteiger partial charge in [0.15, 0.2) is 0 Å². The average molecular weight is 278 g/mol. The van der Waals surface area contributed by atoms with Crippen molar-refractivity contribution in [3.05, 3.63) is 24.0 Å². The van der Waals surface area contributed by atoms with E-state index in [2.05, 4.69) is 4.98 Å². The van der Waals surface area contributed by atoms with Gasteiger partial charge in [-0.05, 0) is 18.6 Å². The molecule has 17 heavy (non-hydrogen) atoms. The third-order valence-corrected chi connectivity index (χ3v) is 5.22. The van der Waals surface area contributed by atoms with Gasteiger partial charge in [-0.3, -0.25) is 4.98 Å². The van der Waals surface area contributed by atoms with Gasteiger partial charge < -0.3 is 0 Å². The van der Waals surface area contributed by atoms with Gasteiger partial charge in [0.25, 0.3) is 0 Å². The second-order valence-electron chi connectivity index (χ2n) is 3.55. The SMILES string of the molecule is CCc1ncccc1N(S(C)(=O)=O)S(C)(=O)=O. The minimum absolute atomic E-state index is 0.0833. The largest absolute Gasteiger partial charge is 0.259 e. The molecule has 0 aliphatic carbocycles.